The van der Waals surface area contributed by atoms with Gasteiger partial charge in [-0.05, 0) is 0 Å². The first-order valence-electron chi connectivity index (χ1n) is 4.17. The van der Waals surface area contributed by atoms with Gasteiger partial charge in [0.1, 0.15) is 0 Å². The van der Waals surface area contributed by atoms with E-state index in [9.17, 15) is 30.1 Å². The molecule has 1 rings (SSSR count). The average Bonchev–Trinajstić information content (AvgIpc) is 2.19. The van der Waals surface area contributed by atoms with Crippen molar-refractivity contribution >= 4 is 17.3 Å². The Morgan fingerprint density at radius 3 is 2.29 bits per heavy atom. The first-order chi connectivity index (χ1) is 7.82. The molecule has 9 heteroatoms. The number of hydrogen-bond donors (Lipinski definition) is 1. The van der Waals surface area contributed by atoms with Gasteiger partial charge in [0.25, 0.3) is 5.69 Å². The third-order valence-electron chi connectivity index (χ3n) is 1.70. The largest absolute Gasteiger partial charge is 0.499 e. The summed E-state index contributed by atoms with van der Waals surface area (Å²) in [5, 5.41) is 30.4. The van der Waals surface area contributed by atoms with Crippen molar-refractivity contribution in [1.82, 2.24) is 0 Å². The lowest BCUT2D eigenvalue weighted by Crippen LogP contribution is -2.03. The van der Waals surface area contributed by atoms with Crippen molar-refractivity contribution in [2.45, 2.75) is 6.92 Å². The van der Waals surface area contributed by atoms with Gasteiger partial charge in [0, 0.05) is 6.92 Å². The zero-order valence-electron chi connectivity index (χ0n) is 8.45. The summed E-state index contributed by atoms with van der Waals surface area (Å²) < 4.78 is 4.43. The molecule has 0 aromatic heterocycles. The molecule has 0 radical (unpaired) electrons. The minimum absolute atomic E-state index is 0.572. The van der Waals surface area contributed by atoms with Crippen molar-refractivity contribution in [3.63, 3.8) is 0 Å². The smallest absolute Gasteiger partial charge is 0.321 e. The maximum absolute atomic E-state index is 10.7. The molecule has 0 atom stereocenters. The molecule has 0 amide bonds. The molecule has 0 fully saturated rings. The van der Waals surface area contributed by atoms with E-state index in [2.05, 4.69) is 4.74 Å². The molecule has 1 aromatic rings. The van der Waals surface area contributed by atoms with Gasteiger partial charge in [-0.25, -0.2) is 0 Å². The molecule has 9 nitrogen and oxygen atoms in total. The van der Waals surface area contributed by atoms with Crippen molar-refractivity contribution in [3.05, 3.63) is 32.4 Å². The molecule has 0 saturated carbocycles. The van der Waals surface area contributed by atoms with Crippen LogP contribution in [0.25, 0.3) is 0 Å². The van der Waals surface area contributed by atoms with Crippen molar-refractivity contribution in [2.75, 3.05) is 0 Å². The van der Waals surface area contributed by atoms with Gasteiger partial charge in [0.15, 0.2) is 5.75 Å². The van der Waals surface area contributed by atoms with Crippen LogP contribution in [-0.2, 0) is 4.79 Å². The summed E-state index contributed by atoms with van der Waals surface area (Å²) in [5.74, 6) is -2.43. The Morgan fingerprint density at radius 1 is 1.29 bits per heavy atom. The van der Waals surface area contributed by atoms with Crippen LogP contribution >= 0.6 is 0 Å². The molecular weight excluding hydrogens is 236 g/mol. The number of ether oxygens (including phenoxy) is 1. The number of nitrogens with zero attached hydrogens (tertiary/aromatic N) is 2. The van der Waals surface area contributed by atoms with Crippen LogP contribution in [-0.4, -0.2) is 20.9 Å². The van der Waals surface area contributed by atoms with Crippen molar-refractivity contribution in [3.8, 4) is 11.5 Å². The molecular formula is C8H6N2O7. The van der Waals surface area contributed by atoms with Gasteiger partial charge in [-0.3, -0.25) is 25.0 Å². The maximum atomic E-state index is 10.7. The van der Waals surface area contributed by atoms with E-state index < -0.39 is 38.7 Å². The molecule has 90 valence electrons. The number of carbonyl (C=O) groups excluding carboxylic acids is 1. The van der Waals surface area contributed by atoms with Gasteiger partial charge >= 0.3 is 11.7 Å². The quantitative estimate of drug-likeness (QED) is 0.363. The summed E-state index contributed by atoms with van der Waals surface area (Å²) in [6.07, 6.45) is 0. The molecule has 0 spiro atoms. The zero-order valence-corrected chi connectivity index (χ0v) is 8.45. The number of non-ortho nitro benzene ring substituents is 1. The third-order valence-corrected chi connectivity index (χ3v) is 1.70. The lowest BCUT2D eigenvalue weighted by Gasteiger charge is -2.04. The second kappa shape index (κ2) is 4.43. The highest BCUT2D eigenvalue weighted by atomic mass is 16.6. The second-order valence-electron chi connectivity index (χ2n) is 2.92. The van der Waals surface area contributed by atoms with Crippen molar-refractivity contribution < 1.29 is 24.5 Å². The maximum Gasteiger partial charge on any atom is 0.321 e. The molecule has 1 aromatic carbocycles. The molecule has 0 heterocycles. The molecule has 0 aliphatic rings. The third kappa shape index (κ3) is 2.65. The van der Waals surface area contributed by atoms with Gasteiger partial charge < -0.3 is 9.84 Å². The molecule has 0 bridgehead atoms. The lowest BCUT2D eigenvalue weighted by molar-refractivity contribution is -0.394. The minimum Gasteiger partial charge on any atom is -0.499 e. The van der Waals surface area contributed by atoms with Crippen LogP contribution in [0, 0.1) is 20.2 Å². The summed E-state index contributed by atoms with van der Waals surface area (Å²) in [4.78, 5) is 29.7. The van der Waals surface area contributed by atoms with Crippen molar-refractivity contribution in [2.24, 2.45) is 0 Å². The van der Waals surface area contributed by atoms with Gasteiger partial charge in [0.05, 0.1) is 22.0 Å². The van der Waals surface area contributed by atoms with E-state index in [0.29, 0.717) is 6.07 Å². The fourth-order valence-electron chi connectivity index (χ4n) is 1.06. The Hall–Kier alpha value is -2.71. The predicted molar refractivity (Wildman–Crippen MR) is 52.7 cm³/mol. The Labute approximate surface area is 93.5 Å². The minimum atomic E-state index is -1.02. The van der Waals surface area contributed by atoms with Crippen molar-refractivity contribution in [1.29, 1.82) is 0 Å². The van der Waals surface area contributed by atoms with Crippen LogP contribution in [0.2, 0.25) is 0 Å². The number of phenolic OH excluding ortho intramolecular Hbond substituents is 1. The predicted octanol–water partition coefficient (Wildman–Crippen LogP) is 1.13. The normalized spacial score (nSPS) is 9.71. The SMILES string of the molecule is CC(=O)Oc1cc([N+](=O)[O-])cc([N+](=O)[O-])c1O. The second-order valence-corrected chi connectivity index (χ2v) is 2.92. The first-order valence-corrected chi connectivity index (χ1v) is 4.17. The van der Waals surface area contributed by atoms with Gasteiger partial charge in [-0.15, -0.1) is 0 Å². The van der Waals surface area contributed by atoms with E-state index in [1.54, 1.807) is 0 Å². The Balaban J connectivity index is 3.42. The Kier molecular flexibility index (Phi) is 3.22. The number of phenols is 1. The van der Waals surface area contributed by atoms with Crippen LogP contribution in [0.3, 0.4) is 0 Å². The number of esters is 1. The standard InChI is InChI=1S/C8H6N2O7/c1-4(11)17-7-3-5(9(13)14)2-6(8(7)12)10(15)16/h2-3,12H,1H3. The molecule has 0 aliphatic heterocycles. The zero-order chi connectivity index (χ0) is 13.2. The van der Waals surface area contributed by atoms with Crippen LogP contribution in [0.5, 0.6) is 11.5 Å². The highest BCUT2D eigenvalue weighted by Gasteiger charge is 2.25. The monoisotopic (exact) mass is 242 g/mol. The van der Waals surface area contributed by atoms with Gasteiger partial charge in [0.2, 0.25) is 5.75 Å². The summed E-state index contributed by atoms with van der Waals surface area (Å²) in [7, 11) is 0. The Bertz CT molecular complexity index is 511. The van der Waals surface area contributed by atoms with E-state index in [-0.39, 0.29) is 0 Å². The number of aromatic hydroxyl groups is 1. The Morgan fingerprint density at radius 2 is 1.88 bits per heavy atom. The number of nitro benzene ring substituents is 2. The lowest BCUT2D eigenvalue weighted by atomic mass is 10.2. The number of benzene rings is 1. The summed E-state index contributed by atoms with van der Waals surface area (Å²) in [5.41, 5.74) is -1.57. The fourth-order valence-corrected chi connectivity index (χ4v) is 1.06. The fraction of sp³-hybridized carbons (Fsp3) is 0.125. The molecule has 0 aliphatic carbocycles. The topological polar surface area (TPSA) is 133 Å². The summed E-state index contributed by atoms with van der Waals surface area (Å²) >= 11 is 0. The van der Waals surface area contributed by atoms with Gasteiger partial charge in [-0.2, -0.15) is 0 Å². The van der Waals surface area contributed by atoms with E-state index in [1.165, 1.54) is 0 Å². The first kappa shape index (κ1) is 12.4. The average molecular weight is 242 g/mol. The molecule has 0 saturated heterocycles. The summed E-state index contributed by atoms with van der Waals surface area (Å²) in [6, 6.07) is 1.30. The highest BCUT2D eigenvalue weighted by Crippen LogP contribution is 2.39. The number of rotatable bonds is 3. The van der Waals surface area contributed by atoms with Crippen LogP contribution in [0.15, 0.2) is 12.1 Å². The van der Waals surface area contributed by atoms with Crippen LogP contribution < -0.4 is 4.74 Å². The number of nitro groups is 2. The number of carbonyl (C=O) groups is 1. The van der Waals surface area contributed by atoms with Gasteiger partial charge in [-0.1, -0.05) is 0 Å². The molecule has 1 N–H and O–H groups in total. The molecule has 17 heavy (non-hydrogen) atoms. The van der Waals surface area contributed by atoms with Crippen LogP contribution in [0.4, 0.5) is 11.4 Å². The summed E-state index contributed by atoms with van der Waals surface area (Å²) in [6.45, 7) is 0.990. The highest BCUT2D eigenvalue weighted by molar-refractivity contribution is 5.73. The van der Waals surface area contributed by atoms with E-state index >= 15 is 0 Å². The van der Waals surface area contributed by atoms with E-state index in [4.69, 9.17) is 0 Å². The van der Waals surface area contributed by atoms with Crippen LogP contribution in [0.1, 0.15) is 6.92 Å². The molecule has 0 unspecified atom stereocenters. The number of hydrogen-bond acceptors (Lipinski definition) is 7. The van der Waals surface area contributed by atoms with E-state index in [1.807, 2.05) is 0 Å². The van der Waals surface area contributed by atoms with E-state index in [0.717, 1.165) is 13.0 Å².